The molecule has 1 aliphatic rings. The van der Waals surface area contributed by atoms with Crippen molar-refractivity contribution in [2.45, 2.75) is 12.2 Å². The average molecular weight is 297 g/mol. The second-order valence-electron chi connectivity index (χ2n) is 3.19. The zero-order chi connectivity index (χ0) is 11.6. The molecule has 1 heterocycles. The van der Waals surface area contributed by atoms with Crippen LogP contribution in [0.4, 0.5) is 0 Å². The summed E-state index contributed by atoms with van der Waals surface area (Å²) in [4.78, 5) is 0. The van der Waals surface area contributed by atoms with E-state index >= 15 is 0 Å². The van der Waals surface area contributed by atoms with Crippen LogP contribution >= 0.6 is 47.0 Å². The molecule has 0 atom stereocenters. The standard InChI is InChI=1S/C10H16O2S4/c11-9-5-13-1-2-14-6-10(12)8-16-4-3-15-7-9/h1-4,9-12H,5-8H2/b2-1-,4-3-. The highest BCUT2D eigenvalue weighted by atomic mass is 32.2. The third-order valence-corrected chi connectivity index (χ3v) is 5.62. The fourth-order valence-electron chi connectivity index (χ4n) is 0.920. The molecule has 0 unspecified atom stereocenters. The number of rotatable bonds is 0. The van der Waals surface area contributed by atoms with Crippen molar-refractivity contribution in [1.29, 1.82) is 0 Å². The molecule has 0 aromatic heterocycles. The van der Waals surface area contributed by atoms with E-state index in [0.717, 1.165) is 23.0 Å². The van der Waals surface area contributed by atoms with Crippen LogP contribution in [0, 0.1) is 0 Å². The van der Waals surface area contributed by atoms with Crippen LogP contribution in [0.3, 0.4) is 0 Å². The minimum Gasteiger partial charge on any atom is -0.391 e. The lowest BCUT2D eigenvalue weighted by Gasteiger charge is -2.08. The third kappa shape index (κ3) is 7.97. The minimum atomic E-state index is -0.257. The van der Waals surface area contributed by atoms with Crippen molar-refractivity contribution in [1.82, 2.24) is 0 Å². The van der Waals surface area contributed by atoms with Crippen LogP contribution in [0.5, 0.6) is 0 Å². The van der Waals surface area contributed by atoms with Crippen LogP contribution in [0.1, 0.15) is 0 Å². The molecule has 0 fully saturated rings. The molecule has 0 spiro atoms. The summed E-state index contributed by atoms with van der Waals surface area (Å²) in [6.45, 7) is 0. The van der Waals surface area contributed by atoms with E-state index in [2.05, 4.69) is 0 Å². The Kier molecular flexibility index (Phi) is 9.09. The van der Waals surface area contributed by atoms with Gasteiger partial charge in [0.25, 0.3) is 0 Å². The first-order valence-corrected chi connectivity index (χ1v) is 9.11. The second-order valence-corrected chi connectivity index (χ2v) is 6.94. The van der Waals surface area contributed by atoms with Gasteiger partial charge in [0.15, 0.2) is 0 Å². The van der Waals surface area contributed by atoms with Crippen molar-refractivity contribution in [3.05, 3.63) is 21.6 Å². The van der Waals surface area contributed by atoms with Gasteiger partial charge in [-0.15, -0.1) is 47.0 Å². The first kappa shape index (κ1) is 14.9. The summed E-state index contributed by atoms with van der Waals surface area (Å²) in [7, 11) is 0. The topological polar surface area (TPSA) is 40.5 Å². The van der Waals surface area contributed by atoms with Gasteiger partial charge in [0.1, 0.15) is 0 Å². The number of hydrogen-bond donors (Lipinski definition) is 2. The minimum absolute atomic E-state index is 0.257. The summed E-state index contributed by atoms with van der Waals surface area (Å²) in [5, 5.41) is 27.1. The molecule has 16 heavy (non-hydrogen) atoms. The van der Waals surface area contributed by atoms with Gasteiger partial charge >= 0.3 is 0 Å². The van der Waals surface area contributed by atoms with Crippen molar-refractivity contribution in [3.8, 4) is 0 Å². The summed E-state index contributed by atoms with van der Waals surface area (Å²) in [5.41, 5.74) is 0. The molecular formula is C10H16O2S4. The van der Waals surface area contributed by atoms with Crippen LogP contribution in [-0.2, 0) is 0 Å². The Morgan fingerprint density at radius 1 is 0.625 bits per heavy atom. The van der Waals surface area contributed by atoms with E-state index in [1.165, 1.54) is 0 Å². The van der Waals surface area contributed by atoms with Crippen molar-refractivity contribution in [3.63, 3.8) is 0 Å². The van der Waals surface area contributed by atoms with Crippen LogP contribution in [0.25, 0.3) is 0 Å². The van der Waals surface area contributed by atoms with Crippen LogP contribution < -0.4 is 0 Å². The van der Waals surface area contributed by atoms with E-state index in [-0.39, 0.29) is 12.2 Å². The molecule has 0 amide bonds. The Bertz CT molecular complexity index is 189. The lowest BCUT2D eigenvalue weighted by molar-refractivity contribution is 0.225. The molecule has 1 aliphatic heterocycles. The van der Waals surface area contributed by atoms with Gasteiger partial charge in [-0.3, -0.25) is 0 Å². The SMILES string of the molecule is OC1CS/C=C\SCC(O)CS/C=C\SC1. The fraction of sp³-hybridized carbons (Fsp3) is 0.600. The summed E-state index contributed by atoms with van der Waals surface area (Å²) < 4.78 is 0. The molecule has 0 bridgehead atoms. The number of hydrogen-bond acceptors (Lipinski definition) is 6. The predicted octanol–water partition coefficient (Wildman–Crippen LogP) is 2.60. The van der Waals surface area contributed by atoms with E-state index in [1.54, 1.807) is 47.0 Å². The zero-order valence-corrected chi connectivity index (χ0v) is 12.1. The van der Waals surface area contributed by atoms with E-state index in [1.807, 2.05) is 21.6 Å². The molecule has 0 saturated carbocycles. The summed E-state index contributed by atoms with van der Waals surface area (Å²) in [6, 6.07) is 0. The Labute approximate surface area is 114 Å². The van der Waals surface area contributed by atoms with E-state index < -0.39 is 0 Å². The molecule has 0 radical (unpaired) electrons. The van der Waals surface area contributed by atoms with Gasteiger partial charge in [-0.2, -0.15) is 0 Å². The third-order valence-electron chi connectivity index (χ3n) is 1.65. The van der Waals surface area contributed by atoms with Gasteiger partial charge < -0.3 is 10.2 Å². The first-order chi connectivity index (χ1) is 7.79. The maximum absolute atomic E-state index is 9.60. The summed E-state index contributed by atoms with van der Waals surface area (Å²) in [5.74, 6) is 2.92. The van der Waals surface area contributed by atoms with Crippen LogP contribution in [-0.4, -0.2) is 45.4 Å². The monoisotopic (exact) mass is 296 g/mol. The van der Waals surface area contributed by atoms with E-state index in [9.17, 15) is 10.2 Å². The molecule has 0 aromatic carbocycles. The normalized spacial score (nSPS) is 33.9. The Hall–Kier alpha value is 0.800. The zero-order valence-electron chi connectivity index (χ0n) is 8.82. The van der Waals surface area contributed by atoms with Gasteiger partial charge in [-0.25, -0.2) is 0 Å². The predicted molar refractivity (Wildman–Crippen MR) is 80.1 cm³/mol. The molecule has 1 rings (SSSR count). The Morgan fingerprint density at radius 2 is 0.875 bits per heavy atom. The van der Waals surface area contributed by atoms with Crippen molar-refractivity contribution < 1.29 is 10.2 Å². The van der Waals surface area contributed by atoms with Gasteiger partial charge in [0.2, 0.25) is 0 Å². The van der Waals surface area contributed by atoms with Gasteiger partial charge in [0, 0.05) is 23.0 Å². The Balaban J connectivity index is 2.34. The smallest absolute Gasteiger partial charge is 0.0727 e. The van der Waals surface area contributed by atoms with E-state index in [4.69, 9.17) is 0 Å². The molecule has 2 N–H and O–H groups in total. The molecule has 2 nitrogen and oxygen atoms in total. The highest BCUT2D eigenvalue weighted by Crippen LogP contribution is 2.17. The quantitative estimate of drug-likeness (QED) is 0.716. The molecular weight excluding hydrogens is 280 g/mol. The highest BCUT2D eigenvalue weighted by Gasteiger charge is 2.04. The summed E-state index contributed by atoms with van der Waals surface area (Å²) >= 11 is 6.45. The number of aliphatic hydroxyl groups excluding tert-OH is 2. The molecule has 92 valence electrons. The maximum Gasteiger partial charge on any atom is 0.0727 e. The average Bonchev–Trinajstić information content (AvgIpc) is 2.27. The van der Waals surface area contributed by atoms with Crippen LogP contribution in [0.15, 0.2) is 21.6 Å². The van der Waals surface area contributed by atoms with Gasteiger partial charge in [-0.1, -0.05) is 0 Å². The largest absolute Gasteiger partial charge is 0.391 e. The molecule has 0 aliphatic carbocycles. The summed E-state index contributed by atoms with van der Waals surface area (Å²) in [6.07, 6.45) is -0.513. The Morgan fingerprint density at radius 3 is 1.12 bits per heavy atom. The fourth-order valence-corrected chi connectivity index (χ4v) is 4.28. The molecule has 0 aromatic rings. The molecule has 0 saturated heterocycles. The van der Waals surface area contributed by atoms with Crippen molar-refractivity contribution >= 4 is 47.0 Å². The molecule has 6 heteroatoms. The van der Waals surface area contributed by atoms with Crippen molar-refractivity contribution in [2.75, 3.05) is 23.0 Å². The number of thioether (sulfide) groups is 4. The second kappa shape index (κ2) is 9.79. The maximum atomic E-state index is 9.60. The lowest BCUT2D eigenvalue weighted by Crippen LogP contribution is -2.12. The lowest BCUT2D eigenvalue weighted by atomic mass is 10.5. The van der Waals surface area contributed by atoms with Gasteiger partial charge in [-0.05, 0) is 21.6 Å². The van der Waals surface area contributed by atoms with Crippen molar-refractivity contribution in [2.24, 2.45) is 0 Å². The van der Waals surface area contributed by atoms with Gasteiger partial charge in [0.05, 0.1) is 12.2 Å². The van der Waals surface area contributed by atoms with E-state index in [0.29, 0.717) is 0 Å². The van der Waals surface area contributed by atoms with Crippen LogP contribution in [0.2, 0.25) is 0 Å². The number of aliphatic hydroxyl groups is 2. The highest BCUT2D eigenvalue weighted by molar-refractivity contribution is 8.06. The first-order valence-electron chi connectivity index (χ1n) is 4.91.